The zero-order valence-electron chi connectivity index (χ0n) is 16.3. The van der Waals surface area contributed by atoms with Gasteiger partial charge in [0.05, 0.1) is 34.4 Å². The number of carbonyl (C=O) groups is 2. The molecule has 0 fully saturated rings. The number of allylic oxidation sites excluding steroid dienone is 2. The Morgan fingerprint density at radius 1 is 1.04 bits per heavy atom. The monoisotopic (exact) mass is 389 g/mol. The average molecular weight is 389 g/mol. The quantitative estimate of drug-likeness (QED) is 0.764. The minimum Gasteiger partial charge on any atom is -0.496 e. The van der Waals surface area contributed by atoms with Crippen molar-refractivity contribution < 1.29 is 33.3 Å². The third kappa shape index (κ3) is 3.15. The van der Waals surface area contributed by atoms with Gasteiger partial charge in [-0.25, -0.2) is 4.79 Å². The van der Waals surface area contributed by atoms with Crippen LogP contribution in [0.4, 0.5) is 0 Å². The molecule has 2 N–H and O–H groups in total. The van der Waals surface area contributed by atoms with E-state index in [2.05, 4.69) is 0 Å². The van der Waals surface area contributed by atoms with Crippen LogP contribution in [0.15, 0.2) is 34.9 Å². The Morgan fingerprint density at radius 2 is 1.68 bits per heavy atom. The summed E-state index contributed by atoms with van der Waals surface area (Å²) in [6.45, 7) is 0. The average Bonchev–Trinajstić information content (AvgIpc) is 2.71. The van der Waals surface area contributed by atoms with E-state index in [4.69, 9.17) is 29.4 Å². The van der Waals surface area contributed by atoms with Gasteiger partial charge in [-0.2, -0.15) is 0 Å². The molecular formula is C20H23NO7. The molecule has 28 heavy (non-hydrogen) atoms. The van der Waals surface area contributed by atoms with E-state index in [1.807, 2.05) is 0 Å². The molecule has 0 unspecified atom stereocenters. The molecule has 1 aliphatic heterocycles. The van der Waals surface area contributed by atoms with Crippen molar-refractivity contribution >= 4 is 11.8 Å². The van der Waals surface area contributed by atoms with Crippen LogP contribution in [0.3, 0.4) is 0 Å². The first-order valence-corrected chi connectivity index (χ1v) is 8.78. The van der Waals surface area contributed by atoms with Gasteiger partial charge in [-0.1, -0.05) is 0 Å². The number of benzene rings is 1. The maximum Gasteiger partial charge on any atom is 0.340 e. The van der Waals surface area contributed by atoms with Crippen LogP contribution in [0.5, 0.6) is 17.2 Å². The molecule has 1 aliphatic carbocycles. The molecule has 1 heterocycles. The SMILES string of the molecule is COC(=O)C1=C(N)OC2=C(C(=O)CCC2)[C@H]1c1cc(OC)c(OC)cc1OC. The standard InChI is InChI=1S/C20H23NO7/c1-24-13-9-15(26-3)14(25-2)8-10(13)16-17-11(22)6-5-7-12(17)28-19(21)18(16)20(23)27-4/h8-9,16H,5-7,21H2,1-4H3/t16-/m1/s1. The number of ketones is 1. The van der Waals surface area contributed by atoms with E-state index >= 15 is 0 Å². The maximum atomic E-state index is 12.8. The highest BCUT2D eigenvalue weighted by Gasteiger charge is 2.42. The van der Waals surface area contributed by atoms with Crippen LogP contribution in [-0.2, 0) is 19.1 Å². The number of nitrogens with two attached hydrogens (primary N) is 1. The molecule has 0 amide bonds. The predicted octanol–water partition coefficient (Wildman–Crippen LogP) is 2.18. The lowest BCUT2D eigenvalue weighted by atomic mass is 9.77. The summed E-state index contributed by atoms with van der Waals surface area (Å²) in [5, 5.41) is 0. The largest absolute Gasteiger partial charge is 0.496 e. The normalized spacial score (nSPS) is 19.0. The lowest BCUT2D eigenvalue weighted by Gasteiger charge is -2.33. The molecule has 1 aromatic rings. The first-order chi connectivity index (χ1) is 13.5. The molecule has 150 valence electrons. The van der Waals surface area contributed by atoms with Crippen molar-refractivity contribution in [2.75, 3.05) is 28.4 Å². The van der Waals surface area contributed by atoms with Gasteiger partial charge in [0.15, 0.2) is 17.3 Å². The van der Waals surface area contributed by atoms with Crippen LogP contribution < -0.4 is 19.9 Å². The van der Waals surface area contributed by atoms with Crippen LogP contribution in [0, 0.1) is 0 Å². The topological polar surface area (TPSA) is 106 Å². The van der Waals surface area contributed by atoms with E-state index in [9.17, 15) is 9.59 Å². The van der Waals surface area contributed by atoms with Gasteiger partial charge >= 0.3 is 5.97 Å². The lowest BCUT2D eigenvalue weighted by molar-refractivity contribution is -0.136. The summed E-state index contributed by atoms with van der Waals surface area (Å²) in [4.78, 5) is 25.4. The highest BCUT2D eigenvalue weighted by Crippen LogP contribution is 2.48. The zero-order chi connectivity index (χ0) is 20.4. The van der Waals surface area contributed by atoms with Crippen LogP contribution in [0.25, 0.3) is 0 Å². The lowest BCUT2D eigenvalue weighted by Crippen LogP contribution is -2.31. The third-order valence-electron chi connectivity index (χ3n) is 4.94. The minimum absolute atomic E-state index is 0.0574. The number of Topliss-reactive ketones (excluding diaryl/α,β-unsaturated/α-hetero) is 1. The Kier molecular flexibility index (Phi) is 5.48. The number of hydrogen-bond donors (Lipinski definition) is 1. The van der Waals surface area contributed by atoms with Crippen LogP contribution >= 0.6 is 0 Å². The van der Waals surface area contributed by atoms with Crippen molar-refractivity contribution in [3.05, 3.63) is 40.5 Å². The van der Waals surface area contributed by atoms with E-state index < -0.39 is 11.9 Å². The highest BCUT2D eigenvalue weighted by molar-refractivity contribution is 6.03. The summed E-state index contributed by atoms with van der Waals surface area (Å²) in [6.07, 6.45) is 1.58. The fourth-order valence-corrected chi connectivity index (χ4v) is 3.65. The van der Waals surface area contributed by atoms with Gasteiger partial charge in [0.25, 0.3) is 0 Å². The summed E-state index contributed by atoms with van der Waals surface area (Å²) in [6, 6.07) is 3.32. The Morgan fingerprint density at radius 3 is 2.29 bits per heavy atom. The molecule has 8 heteroatoms. The van der Waals surface area contributed by atoms with Gasteiger partial charge in [-0.15, -0.1) is 0 Å². The maximum absolute atomic E-state index is 12.8. The molecule has 0 radical (unpaired) electrons. The molecule has 0 spiro atoms. The number of methoxy groups -OCH3 is 4. The second-order valence-electron chi connectivity index (χ2n) is 6.37. The summed E-state index contributed by atoms with van der Waals surface area (Å²) >= 11 is 0. The van der Waals surface area contributed by atoms with Crippen LogP contribution in [0.1, 0.15) is 30.7 Å². The molecule has 0 saturated heterocycles. The second kappa shape index (κ2) is 7.84. The molecule has 3 rings (SSSR count). The minimum atomic E-state index is -0.793. The molecule has 1 aromatic carbocycles. The Labute approximate surface area is 162 Å². The Balaban J connectivity index is 2.30. The van der Waals surface area contributed by atoms with Crippen molar-refractivity contribution in [2.45, 2.75) is 25.2 Å². The van der Waals surface area contributed by atoms with Crippen molar-refractivity contribution in [2.24, 2.45) is 5.73 Å². The number of hydrogen-bond acceptors (Lipinski definition) is 8. The summed E-state index contributed by atoms with van der Waals surface area (Å²) < 4.78 is 26.8. The fraction of sp³-hybridized carbons (Fsp3) is 0.400. The summed E-state index contributed by atoms with van der Waals surface area (Å²) in [7, 11) is 5.75. The second-order valence-corrected chi connectivity index (χ2v) is 6.37. The molecule has 1 atom stereocenters. The van der Waals surface area contributed by atoms with Crippen LogP contribution in [-0.4, -0.2) is 40.2 Å². The van der Waals surface area contributed by atoms with E-state index in [0.29, 0.717) is 53.4 Å². The van der Waals surface area contributed by atoms with Gasteiger partial charge in [-0.3, -0.25) is 4.79 Å². The Bertz CT molecular complexity index is 885. The van der Waals surface area contributed by atoms with E-state index in [-0.39, 0.29) is 17.2 Å². The van der Waals surface area contributed by atoms with Crippen molar-refractivity contribution in [3.8, 4) is 17.2 Å². The van der Waals surface area contributed by atoms with Crippen molar-refractivity contribution in [3.63, 3.8) is 0 Å². The van der Waals surface area contributed by atoms with E-state index in [0.717, 1.165) is 0 Å². The predicted molar refractivity (Wildman–Crippen MR) is 99.0 cm³/mol. The fourth-order valence-electron chi connectivity index (χ4n) is 3.65. The summed E-state index contributed by atoms with van der Waals surface area (Å²) in [5.41, 5.74) is 7.06. The van der Waals surface area contributed by atoms with Gasteiger partial charge in [0, 0.05) is 30.0 Å². The Hall–Kier alpha value is -3.16. The van der Waals surface area contributed by atoms with E-state index in [1.165, 1.54) is 28.4 Å². The van der Waals surface area contributed by atoms with Crippen molar-refractivity contribution in [1.82, 2.24) is 0 Å². The number of ether oxygens (including phenoxy) is 5. The van der Waals surface area contributed by atoms with Gasteiger partial charge in [0.2, 0.25) is 5.88 Å². The molecule has 0 aromatic heterocycles. The summed E-state index contributed by atoms with van der Waals surface area (Å²) in [5.74, 6) is 0.128. The van der Waals surface area contributed by atoms with Gasteiger partial charge in [0.1, 0.15) is 17.1 Å². The zero-order valence-corrected chi connectivity index (χ0v) is 16.3. The molecular weight excluding hydrogens is 366 g/mol. The molecule has 2 aliphatic rings. The molecule has 8 nitrogen and oxygen atoms in total. The van der Waals surface area contributed by atoms with E-state index in [1.54, 1.807) is 12.1 Å². The first kappa shape index (κ1) is 19.6. The van der Waals surface area contributed by atoms with Crippen LogP contribution in [0.2, 0.25) is 0 Å². The number of carbonyl (C=O) groups excluding carboxylic acids is 2. The third-order valence-corrected chi connectivity index (χ3v) is 4.94. The molecule has 0 saturated carbocycles. The highest BCUT2D eigenvalue weighted by atomic mass is 16.5. The molecule has 0 bridgehead atoms. The van der Waals surface area contributed by atoms with Crippen molar-refractivity contribution in [1.29, 1.82) is 0 Å². The smallest absolute Gasteiger partial charge is 0.340 e. The van der Waals surface area contributed by atoms with Gasteiger partial charge in [-0.05, 0) is 12.5 Å². The number of esters is 1. The first-order valence-electron chi connectivity index (χ1n) is 8.78. The number of rotatable bonds is 5. The van der Waals surface area contributed by atoms with Gasteiger partial charge < -0.3 is 29.4 Å².